The van der Waals surface area contributed by atoms with Gasteiger partial charge in [-0.2, -0.15) is 5.10 Å². The van der Waals surface area contributed by atoms with E-state index in [1.54, 1.807) is 34.2 Å². The number of amides is 2. The molecule has 1 aliphatic heterocycles. The van der Waals surface area contributed by atoms with Crippen molar-refractivity contribution < 1.29 is 4.79 Å². The molecule has 2 aromatic heterocycles. The SMILES string of the molecule is CCn1cc(-c2cccc(N3CCN(c4ccc(Cl)cc4)C3=O)c2)c(-c2ccnc(N)n2)n1. The number of rotatable bonds is 5. The lowest BCUT2D eigenvalue weighted by Gasteiger charge is -2.19. The van der Waals surface area contributed by atoms with Crippen molar-refractivity contribution in [2.45, 2.75) is 13.5 Å². The number of halogens is 1. The molecule has 33 heavy (non-hydrogen) atoms. The lowest BCUT2D eigenvalue weighted by molar-refractivity contribution is 0.256. The topological polar surface area (TPSA) is 93.2 Å². The Morgan fingerprint density at radius 1 is 1.03 bits per heavy atom. The monoisotopic (exact) mass is 459 g/mol. The fourth-order valence-electron chi connectivity index (χ4n) is 3.97. The number of benzene rings is 2. The first-order valence-corrected chi connectivity index (χ1v) is 11.0. The molecule has 3 heterocycles. The molecule has 0 unspecified atom stereocenters. The number of aromatic nitrogens is 4. The number of nitrogens with zero attached hydrogens (tertiary/aromatic N) is 6. The summed E-state index contributed by atoms with van der Waals surface area (Å²) in [5, 5.41) is 5.33. The van der Waals surface area contributed by atoms with Gasteiger partial charge in [0, 0.05) is 54.0 Å². The smallest absolute Gasteiger partial charge is 0.329 e. The van der Waals surface area contributed by atoms with E-state index < -0.39 is 0 Å². The summed E-state index contributed by atoms with van der Waals surface area (Å²) in [6, 6.07) is 16.9. The maximum atomic E-state index is 13.2. The van der Waals surface area contributed by atoms with Crippen LogP contribution in [-0.4, -0.2) is 38.9 Å². The molecule has 0 atom stereocenters. The summed E-state index contributed by atoms with van der Waals surface area (Å²) in [7, 11) is 0. The molecular weight excluding hydrogens is 438 g/mol. The van der Waals surface area contributed by atoms with Crippen LogP contribution in [0, 0.1) is 0 Å². The fourth-order valence-corrected chi connectivity index (χ4v) is 4.09. The molecule has 1 fully saturated rings. The second-order valence-electron chi connectivity index (χ2n) is 7.66. The van der Waals surface area contributed by atoms with Crippen molar-refractivity contribution in [3.8, 4) is 22.5 Å². The second-order valence-corrected chi connectivity index (χ2v) is 8.10. The first kappa shape index (κ1) is 21.0. The molecule has 1 aliphatic rings. The van der Waals surface area contributed by atoms with Crippen molar-refractivity contribution in [3.63, 3.8) is 0 Å². The van der Waals surface area contributed by atoms with Crippen LogP contribution in [0.3, 0.4) is 0 Å². The highest BCUT2D eigenvalue weighted by molar-refractivity contribution is 6.30. The Hall–Kier alpha value is -3.91. The Labute approximate surface area is 196 Å². The Morgan fingerprint density at radius 3 is 2.52 bits per heavy atom. The van der Waals surface area contributed by atoms with Crippen LogP contribution in [0.2, 0.25) is 5.02 Å². The summed E-state index contributed by atoms with van der Waals surface area (Å²) in [6.07, 6.45) is 3.61. The number of urea groups is 1. The minimum absolute atomic E-state index is 0.0671. The number of anilines is 3. The van der Waals surface area contributed by atoms with Crippen LogP contribution in [0.1, 0.15) is 6.92 Å². The van der Waals surface area contributed by atoms with Gasteiger partial charge in [-0.3, -0.25) is 14.5 Å². The Kier molecular flexibility index (Phi) is 5.43. The minimum Gasteiger partial charge on any atom is -0.368 e. The van der Waals surface area contributed by atoms with Crippen LogP contribution in [-0.2, 0) is 6.54 Å². The molecule has 0 saturated carbocycles. The molecule has 0 radical (unpaired) electrons. The van der Waals surface area contributed by atoms with Gasteiger partial charge in [-0.15, -0.1) is 0 Å². The summed E-state index contributed by atoms with van der Waals surface area (Å²) >= 11 is 6.00. The Bertz CT molecular complexity index is 1320. The highest BCUT2D eigenvalue weighted by Crippen LogP contribution is 2.34. The molecule has 2 aromatic carbocycles. The summed E-state index contributed by atoms with van der Waals surface area (Å²) < 4.78 is 1.86. The van der Waals surface area contributed by atoms with Gasteiger partial charge < -0.3 is 5.73 Å². The fraction of sp³-hybridized carbons (Fsp3) is 0.167. The average Bonchev–Trinajstić information content (AvgIpc) is 3.44. The van der Waals surface area contributed by atoms with E-state index in [0.29, 0.717) is 30.4 Å². The van der Waals surface area contributed by atoms with Crippen molar-refractivity contribution in [1.29, 1.82) is 0 Å². The normalized spacial score (nSPS) is 13.7. The second kappa shape index (κ2) is 8.55. The van der Waals surface area contributed by atoms with Gasteiger partial charge in [0.25, 0.3) is 0 Å². The van der Waals surface area contributed by atoms with Crippen LogP contribution in [0.15, 0.2) is 67.0 Å². The standard InChI is InChI=1S/C24H22ClN7O/c1-2-30-15-20(22(29-30)21-10-11-27-23(26)28-21)16-4-3-5-19(14-16)32-13-12-31(24(32)33)18-8-6-17(25)7-9-18/h3-11,14-15H,2,12-13H2,1H3,(H2,26,27,28). The van der Waals surface area contributed by atoms with Gasteiger partial charge in [0.15, 0.2) is 0 Å². The van der Waals surface area contributed by atoms with Crippen molar-refractivity contribution in [1.82, 2.24) is 19.7 Å². The zero-order valence-electron chi connectivity index (χ0n) is 18.0. The van der Waals surface area contributed by atoms with E-state index in [2.05, 4.69) is 15.1 Å². The van der Waals surface area contributed by atoms with Gasteiger partial charge in [-0.05, 0) is 55.0 Å². The van der Waals surface area contributed by atoms with Gasteiger partial charge in [0.1, 0.15) is 5.69 Å². The molecule has 0 spiro atoms. The molecule has 166 valence electrons. The van der Waals surface area contributed by atoms with Crippen molar-refractivity contribution in [2.75, 3.05) is 28.6 Å². The first-order chi connectivity index (χ1) is 16.0. The summed E-state index contributed by atoms with van der Waals surface area (Å²) in [5.74, 6) is 0.197. The van der Waals surface area contributed by atoms with E-state index in [4.69, 9.17) is 17.3 Å². The third-order valence-corrected chi connectivity index (χ3v) is 5.87. The highest BCUT2D eigenvalue weighted by Gasteiger charge is 2.31. The van der Waals surface area contributed by atoms with Crippen LogP contribution < -0.4 is 15.5 Å². The zero-order chi connectivity index (χ0) is 22.9. The van der Waals surface area contributed by atoms with Gasteiger partial charge in [-0.25, -0.2) is 14.8 Å². The van der Waals surface area contributed by atoms with Gasteiger partial charge in [0.05, 0.1) is 5.69 Å². The molecule has 4 aromatic rings. The van der Waals surface area contributed by atoms with Gasteiger partial charge in [-0.1, -0.05) is 23.7 Å². The number of carbonyl (C=O) groups excluding carboxylic acids is 1. The molecule has 2 amide bonds. The molecule has 0 bridgehead atoms. The summed E-state index contributed by atoms with van der Waals surface area (Å²) in [6.45, 7) is 3.94. The van der Waals surface area contributed by atoms with Crippen molar-refractivity contribution in [2.24, 2.45) is 0 Å². The Balaban J connectivity index is 1.49. The van der Waals surface area contributed by atoms with E-state index in [9.17, 15) is 4.79 Å². The van der Waals surface area contributed by atoms with E-state index in [1.165, 1.54) is 0 Å². The predicted octanol–water partition coefficient (Wildman–Crippen LogP) is 4.71. The molecule has 5 rings (SSSR count). The third kappa shape index (κ3) is 4.01. The van der Waals surface area contributed by atoms with E-state index in [-0.39, 0.29) is 12.0 Å². The minimum atomic E-state index is -0.0671. The average molecular weight is 460 g/mol. The molecule has 2 N–H and O–H groups in total. The molecule has 1 saturated heterocycles. The van der Waals surface area contributed by atoms with E-state index >= 15 is 0 Å². The van der Waals surface area contributed by atoms with E-state index in [0.717, 1.165) is 28.2 Å². The number of carbonyl (C=O) groups is 1. The maximum Gasteiger partial charge on any atom is 0.329 e. The van der Waals surface area contributed by atoms with Crippen molar-refractivity contribution in [3.05, 3.63) is 72.0 Å². The lowest BCUT2D eigenvalue weighted by Crippen LogP contribution is -2.31. The highest BCUT2D eigenvalue weighted by atomic mass is 35.5. The summed E-state index contributed by atoms with van der Waals surface area (Å²) in [5.41, 5.74) is 10.7. The largest absolute Gasteiger partial charge is 0.368 e. The van der Waals surface area contributed by atoms with Gasteiger partial charge in [0.2, 0.25) is 5.95 Å². The third-order valence-electron chi connectivity index (χ3n) is 5.62. The molecule has 8 nitrogen and oxygen atoms in total. The molecular formula is C24H22ClN7O. The predicted molar refractivity (Wildman–Crippen MR) is 130 cm³/mol. The number of aryl methyl sites for hydroxylation is 1. The summed E-state index contributed by atoms with van der Waals surface area (Å²) in [4.78, 5) is 25.1. The lowest BCUT2D eigenvalue weighted by atomic mass is 10.0. The first-order valence-electron chi connectivity index (χ1n) is 10.6. The van der Waals surface area contributed by atoms with Crippen LogP contribution in [0.5, 0.6) is 0 Å². The van der Waals surface area contributed by atoms with Crippen LogP contribution in [0.25, 0.3) is 22.5 Å². The zero-order valence-corrected chi connectivity index (χ0v) is 18.8. The maximum absolute atomic E-state index is 13.2. The molecule has 9 heteroatoms. The number of nitrogens with two attached hydrogens (primary N) is 1. The Morgan fingerprint density at radius 2 is 1.79 bits per heavy atom. The number of hydrogen-bond donors (Lipinski definition) is 1. The quantitative estimate of drug-likeness (QED) is 0.466. The number of nitrogen functional groups attached to an aromatic ring is 1. The number of hydrogen-bond acceptors (Lipinski definition) is 5. The molecule has 0 aliphatic carbocycles. The van der Waals surface area contributed by atoms with E-state index in [1.807, 2.05) is 54.2 Å². The van der Waals surface area contributed by atoms with Crippen molar-refractivity contribution >= 4 is 35.0 Å². The van der Waals surface area contributed by atoms with Gasteiger partial charge >= 0.3 is 6.03 Å². The van der Waals surface area contributed by atoms with Crippen LogP contribution >= 0.6 is 11.6 Å². The van der Waals surface area contributed by atoms with Crippen LogP contribution in [0.4, 0.5) is 22.1 Å².